The Bertz CT molecular complexity index is 450. The van der Waals surface area contributed by atoms with Gasteiger partial charge in [-0.15, -0.1) is 0 Å². The maximum absolute atomic E-state index is 11.7. The van der Waals surface area contributed by atoms with E-state index in [9.17, 15) is 4.79 Å². The van der Waals surface area contributed by atoms with Crippen molar-refractivity contribution < 1.29 is 4.79 Å². The summed E-state index contributed by atoms with van der Waals surface area (Å²) in [4.78, 5) is 20.4. The smallest absolute Gasteiger partial charge is 0.242 e. The van der Waals surface area contributed by atoms with Crippen LogP contribution in [0.15, 0.2) is 10.7 Å². The molecule has 6 heteroatoms. The van der Waals surface area contributed by atoms with Gasteiger partial charge in [-0.25, -0.2) is 9.97 Å². The van der Waals surface area contributed by atoms with Crippen LogP contribution in [0.2, 0.25) is 0 Å². The molecule has 0 saturated carbocycles. The van der Waals surface area contributed by atoms with Gasteiger partial charge in [-0.1, -0.05) is 13.8 Å². The van der Waals surface area contributed by atoms with Crippen LogP contribution in [0.3, 0.4) is 0 Å². The first-order chi connectivity index (χ1) is 8.56. The van der Waals surface area contributed by atoms with Gasteiger partial charge in [0.25, 0.3) is 0 Å². The number of anilines is 1. The number of rotatable bonds is 3. The van der Waals surface area contributed by atoms with Crippen molar-refractivity contribution in [2.45, 2.75) is 38.6 Å². The normalized spacial score (nSPS) is 19.8. The van der Waals surface area contributed by atoms with Gasteiger partial charge in [-0.2, -0.15) is 0 Å². The summed E-state index contributed by atoms with van der Waals surface area (Å²) >= 11 is 3.37. The van der Waals surface area contributed by atoms with Gasteiger partial charge in [0.2, 0.25) is 5.91 Å². The molecule has 5 nitrogen and oxygen atoms in total. The lowest BCUT2D eigenvalue weighted by atomic mass is 10.1. The van der Waals surface area contributed by atoms with Crippen molar-refractivity contribution in [2.24, 2.45) is 0 Å². The van der Waals surface area contributed by atoms with Crippen molar-refractivity contribution in [1.82, 2.24) is 15.3 Å². The van der Waals surface area contributed by atoms with E-state index in [4.69, 9.17) is 0 Å². The van der Waals surface area contributed by atoms with Gasteiger partial charge in [0.1, 0.15) is 22.3 Å². The molecule has 0 aliphatic carbocycles. The molecule has 0 spiro atoms. The molecule has 2 N–H and O–H groups in total. The minimum atomic E-state index is -0.194. The van der Waals surface area contributed by atoms with Gasteiger partial charge < -0.3 is 10.6 Å². The van der Waals surface area contributed by atoms with Crippen molar-refractivity contribution in [3.63, 3.8) is 0 Å². The summed E-state index contributed by atoms with van der Waals surface area (Å²) in [5, 5.41) is 6.02. The van der Waals surface area contributed by atoms with Crippen molar-refractivity contribution in [1.29, 1.82) is 0 Å². The summed E-state index contributed by atoms with van der Waals surface area (Å²) in [7, 11) is 0. The summed E-state index contributed by atoms with van der Waals surface area (Å²) in [5.74, 6) is 1.76. The number of aromatic nitrogens is 2. The minimum absolute atomic E-state index is 0.0436. The van der Waals surface area contributed by atoms with Gasteiger partial charge in [-0.05, 0) is 28.8 Å². The largest absolute Gasteiger partial charge is 0.358 e. The fourth-order valence-corrected chi connectivity index (χ4v) is 2.25. The standard InChI is InChI=1S/C12H17BrN4O/c1-7(2)11-16-9(13)6-10(17-11)15-8-4-3-5-14-12(8)18/h6-8H,3-5H2,1-2H3,(H,14,18)(H,15,16,17). The molecular weight excluding hydrogens is 296 g/mol. The average molecular weight is 313 g/mol. The van der Waals surface area contributed by atoms with Crippen LogP contribution in [0.25, 0.3) is 0 Å². The van der Waals surface area contributed by atoms with E-state index in [1.165, 1.54) is 0 Å². The molecular formula is C12H17BrN4O. The zero-order valence-corrected chi connectivity index (χ0v) is 12.1. The molecule has 1 aliphatic rings. The predicted octanol–water partition coefficient (Wildman–Crippen LogP) is 2.05. The first-order valence-electron chi connectivity index (χ1n) is 6.15. The van der Waals surface area contributed by atoms with Crippen molar-refractivity contribution in [2.75, 3.05) is 11.9 Å². The second-order valence-corrected chi connectivity index (χ2v) is 5.53. The van der Waals surface area contributed by atoms with Crippen LogP contribution in [-0.4, -0.2) is 28.5 Å². The van der Waals surface area contributed by atoms with E-state index >= 15 is 0 Å². The second-order valence-electron chi connectivity index (χ2n) is 4.72. The van der Waals surface area contributed by atoms with Crippen LogP contribution in [-0.2, 0) is 4.79 Å². The number of hydrogen-bond donors (Lipinski definition) is 2. The molecule has 1 atom stereocenters. The van der Waals surface area contributed by atoms with Gasteiger partial charge in [0.15, 0.2) is 0 Å². The van der Waals surface area contributed by atoms with E-state index < -0.39 is 0 Å². The van der Waals surface area contributed by atoms with E-state index in [-0.39, 0.29) is 17.9 Å². The molecule has 98 valence electrons. The first kappa shape index (κ1) is 13.3. The monoisotopic (exact) mass is 312 g/mol. The predicted molar refractivity (Wildman–Crippen MR) is 73.5 cm³/mol. The number of carbonyl (C=O) groups is 1. The Labute approximate surface area is 115 Å². The Morgan fingerprint density at radius 2 is 2.28 bits per heavy atom. The van der Waals surface area contributed by atoms with Crippen LogP contribution >= 0.6 is 15.9 Å². The number of nitrogens with one attached hydrogen (secondary N) is 2. The summed E-state index contributed by atoms with van der Waals surface area (Å²) < 4.78 is 0.736. The lowest BCUT2D eigenvalue weighted by Gasteiger charge is -2.23. The molecule has 0 bridgehead atoms. The first-order valence-corrected chi connectivity index (χ1v) is 6.94. The lowest BCUT2D eigenvalue weighted by molar-refractivity contribution is -0.123. The average Bonchev–Trinajstić information content (AvgIpc) is 2.31. The molecule has 2 heterocycles. The Balaban J connectivity index is 2.15. The fourth-order valence-electron chi connectivity index (χ4n) is 1.86. The SMILES string of the molecule is CC(C)c1nc(Br)cc(NC2CCCNC2=O)n1. The van der Waals surface area contributed by atoms with Crippen molar-refractivity contribution in [3.05, 3.63) is 16.5 Å². The maximum Gasteiger partial charge on any atom is 0.242 e. The molecule has 1 unspecified atom stereocenters. The van der Waals surface area contributed by atoms with Crippen molar-refractivity contribution in [3.8, 4) is 0 Å². The molecule has 1 amide bonds. The molecule has 2 rings (SSSR count). The third-order valence-corrected chi connectivity index (χ3v) is 3.24. The molecule has 1 fully saturated rings. The molecule has 1 saturated heterocycles. The molecule has 0 aromatic carbocycles. The number of halogens is 1. The van der Waals surface area contributed by atoms with Crippen LogP contribution < -0.4 is 10.6 Å². The number of amides is 1. The number of piperidine rings is 1. The van der Waals surface area contributed by atoms with Gasteiger partial charge in [0, 0.05) is 18.5 Å². The highest BCUT2D eigenvalue weighted by Crippen LogP contribution is 2.19. The quantitative estimate of drug-likeness (QED) is 0.838. The van der Waals surface area contributed by atoms with E-state index in [0.29, 0.717) is 5.82 Å². The van der Waals surface area contributed by atoms with Crippen LogP contribution in [0.1, 0.15) is 38.4 Å². The highest BCUT2D eigenvalue weighted by molar-refractivity contribution is 9.10. The third-order valence-electron chi connectivity index (χ3n) is 2.84. The zero-order chi connectivity index (χ0) is 13.1. The Morgan fingerprint density at radius 3 is 2.94 bits per heavy atom. The fraction of sp³-hybridized carbons (Fsp3) is 0.583. The molecule has 1 aromatic heterocycles. The highest BCUT2D eigenvalue weighted by Gasteiger charge is 2.22. The molecule has 18 heavy (non-hydrogen) atoms. The van der Waals surface area contributed by atoms with E-state index in [0.717, 1.165) is 29.8 Å². The topological polar surface area (TPSA) is 66.9 Å². The molecule has 0 radical (unpaired) electrons. The number of hydrogen-bond acceptors (Lipinski definition) is 4. The molecule has 1 aliphatic heterocycles. The van der Waals surface area contributed by atoms with Gasteiger partial charge in [-0.3, -0.25) is 4.79 Å². The summed E-state index contributed by atoms with van der Waals surface area (Å²) in [6.45, 7) is 4.85. The second kappa shape index (κ2) is 5.65. The van der Waals surface area contributed by atoms with Gasteiger partial charge >= 0.3 is 0 Å². The van der Waals surface area contributed by atoms with Crippen LogP contribution in [0, 0.1) is 0 Å². The van der Waals surface area contributed by atoms with E-state index in [1.54, 1.807) is 6.07 Å². The van der Waals surface area contributed by atoms with Gasteiger partial charge in [0.05, 0.1) is 0 Å². The summed E-state index contributed by atoms with van der Waals surface area (Å²) in [6, 6.07) is 1.61. The lowest BCUT2D eigenvalue weighted by Crippen LogP contribution is -2.44. The Hall–Kier alpha value is -1.17. The van der Waals surface area contributed by atoms with Crippen LogP contribution in [0.5, 0.6) is 0 Å². The zero-order valence-electron chi connectivity index (χ0n) is 10.5. The summed E-state index contributed by atoms with van der Waals surface area (Å²) in [6.07, 6.45) is 1.83. The summed E-state index contributed by atoms with van der Waals surface area (Å²) in [5.41, 5.74) is 0. The van der Waals surface area contributed by atoms with Crippen molar-refractivity contribution >= 4 is 27.7 Å². The van der Waals surface area contributed by atoms with Crippen LogP contribution in [0.4, 0.5) is 5.82 Å². The minimum Gasteiger partial charge on any atom is -0.358 e. The maximum atomic E-state index is 11.7. The highest BCUT2D eigenvalue weighted by atomic mass is 79.9. The van der Waals surface area contributed by atoms with E-state index in [1.807, 2.05) is 13.8 Å². The Kier molecular flexibility index (Phi) is 4.16. The number of nitrogens with zero attached hydrogens (tertiary/aromatic N) is 2. The van der Waals surface area contributed by atoms with E-state index in [2.05, 4.69) is 36.5 Å². The Morgan fingerprint density at radius 1 is 1.50 bits per heavy atom. The molecule has 1 aromatic rings. The third kappa shape index (κ3) is 3.19. The number of carbonyl (C=O) groups excluding carboxylic acids is 1.